The Morgan fingerprint density at radius 1 is 1.47 bits per heavy atom. The van der Waals surface area contributed by atoms with Crippen molar-refractivity contribution >= 4 is 12.0 Å². The number of carboxylic acid groups (broad SMARTS) is 1. The molecule has 0 aliphatic heterocycles. The van der Waals surface area contributed by atoms with Crippen LogP contribution < -0.4 is 10.6 Å². The third-order valence-corrected chi connectivity index (χ3v) is 2.72. The number of aliphatic carboxylic acids is 1. The van der Waals surface area contributed by atoms with E-state index in [9.17, 15) is 9.59 Å². The van der Waals surface area contributed by atoms with Gasteiger partial charge in [0.15, 0.2) is 0 Å². The Morgan fingerprint density at radius 2 is 2.16 bits per heavy atom. The molecule has 0 spiro atoms. The molecule has 0 aliphatic rings. The molecule has 0 saturated carbocycles. The number of carbonyl (C=O) groups is 2. The van der Waals surface area contributed by atoms with E-state index in [-0.39, 0.29) is 0 Å². The third kappa shape index (κ3) is 4.27. The minimum atomic E-state index is -1.07. The second kappa shape index (κ2) is 6.77. The van der Waals surface area contributed by atoms with Gasteiger partial charge in [0.2, 0.25) is 0 Å². The normalized spacial score (nSPS) is 11.9. The highest BCUT2D eigenvalue weighted by Crippen LogP contribution is 2.05. The summed E-state index contributed by atoms with van der Waals surface area (Å²) in [6.07, 6.45) is 0.836. The highest BCUT2D eigenvalue weighted by molar-refractivity contribution is 5.82. The summed E-state index contributed by atoms with van der Waals surface area (Å²) in [5.41, 5.74) is 1.87. The lowest BCUT2D eigenvalue weighted by atomic mass is 10.3. The molecule has 1 aromatic heterocycles. The van der Waals surface area contributed by atoms with Crippen molar-refractivity contribution in [1.82, 2.24) is 20.4 Å². The number of rotatable bonds is 6. The van der Waals surface area contributed by atoms with E-state index in [1.54, 1.807) is 0 Å². The molecule has 0 saturated heterocycles. The van der Waals surface area contributed by atoms with E-state index >= 15 is 0 Å². The van der Waals surface area contributed by atoms with Crippen molar-refractivity contribution in [2.24, 2.45) is 0 Å². The standard InChI is InChI=1S/C12H20N4O3/c1-4-9-6-10(16(5-2)15-9)7-13-12(19)14-8(3)11(17)18/h6,8H,4-5,7H2,1-3H3,(H,17,18)(H2,13,14,19). The Kier molecular flexibility index (Phi) is 5.35. The average Bonchev–Trinajstić information content (AvgIpc) is 2.78. The minimum absolute atomic E-state index is 0.318. The molecule has 1 unspecified atom stereocenters. The minimum Gasteiger partial charge on any atom is -0.480 e. The maximum Gasteiger partial charge on any atom is 0.325 e. The van der Waals surface area contributed by atoms with Gasteiger partial charge in [-0.15, -0.1) is 0 Å². The molecular weight excluding hydrogens is 248 g/mol. The number of hydrogen-bond acceptors (Lipinski definition) is 3. The summed E-state index contributed by atoms with van der Waals surface area (Å²) in [5.74, 6) is -1.07. The van der Waals surface area contributed by atoms with E-state index in [1.807, 2.05) is 24.6 Å². The number of aromatic nitrogens is 2. The van der Waals surface area contributed by atoms with Crippen molar-refractivity contribution in [2.45, 2.75) is 46.3 Å². The highest BCUT2D eigenvalue weighted by atomic mass is 16.4. The molecule has 19 heavy (non-hydrogen) atoms. The van der Waals surface area contributed by atoms with Gasteiger partial charge in [0.1, 0.15) is 6.04 Å². The number of carbonyl (C=O) groups excluding carboxylic acids is 1. The topological polar surface area (TPSA) is 96.3 Å². The van der Waals surface area contributed by atoms with E-state index in [0.29, 0.717) is 6.54 Å². The lowest BCUT2D eigenvalue weighted by Crippen LogP contribution is -2.44. The summed E-state index contributed by atoms with van der Waals surface area (Å²) >= 11 is 0. The molecule has 1 atom stereocenters. The Balaban J connectivity index is 2.54. The van der Waals surface area contributed by atoms with Gasteiger partial charge in [-0.25, -0.2) is 4.79 Å². The zero-order valence-electron chi connectivity index (χ0n) is 11.4. The van der Waals surface area contributed by atoms with E-state index in [0.717, 1.165) is 24.4 Å². The van der Waals surface area contributed by atoms with Crippen LogP contribution in [0.1, 0.15) is 32.2 Å². The van der Waals surface area contributed by atoms with Crippen LogP contribution in [0.15, 0.2) is 6.07 Å². The van der Waals surface area contributed by atoms with Crippen molar-refractivity contribution in [1.29, 1.82) is 0 Å². The number of aryl methyl sites for hydroxylation is 2. The molecule has 0 radical (unpaired) electrons. The van der Waals surface area contributed by atoms with Gasteiger partial charge in [-0.1, -0.05) is 6.92 Å². The molecule has 106 valence electrons. The molecule has 0 fully saturated rings. The van der Waals surface area contributed by atoms with E-state index in [1.165, 1.54) is 6.92 Å². The van der Waals surface area contributed by atoms with Gasteiger partial charge in [-0.3, -0.25) is 9.48 Å². The lowest BCUT2D eigenvalue weighted by Gasteiger charge is -2.11. The van der Waals surface area contributed by atoms with Crippen molar-refractivity contribution in [2.75, 3.05) is 0 Å². The summed E-state index contributed by atoms with van der Waals surface area (Å²) < 4.78 is 1.82. The molecule has 7 nitrogen and oxygen atoms in total. The molecule has 0 aliphatic carbocycles. The van der Waals surface area contributed by atoms with Crippen molar-refractivity contribution in [3.05, 3.63) is 17.5 Å². The first-order valence-corrected chi connectivity index (χ1v) is 6.30. The number of hydrogen-bond donors (Lipinski definition) is 3. The van der Waals surface area contributed by atoms with Crippen LogP contribution >= 0.6 is 0 Å². The zero-order chi connectivity index (χ0) is 14.4. The predicted octanol–water partition coefficient (Wildman–Crippen LogP) is 0.738. The molecule has 1 rings (SSSR count). The van der Waals surface area contributed by atoms with Crippen LogP contribution in [0.2, 0.25) is 0 Å². The second-order valence-corrected chi connectivity index (χ2v) is 4.18. The fourth-order valence-corrected chi connectivity index (χ4v) is 1.58. The molecule has 1 aromatic rings. The zero-order valence-corrected chi connectivity index (χ0v) is 11.4. The van der Waals surface area contributed by atoms with Gasteiger partial charge < -0.3 is 15.7 Å². The number of nitrogens with one attached hydrogen (secondary N) is 2. The summed E-state index contributed by atoms with van der Waals surface area (Å²) in [4.78, 5) is 22.1. The molecule has 0 aromatic carbocycles. The van der Waals surface area contributed by atoms with Crippen LogP contribution in [0.3, 0.4) is 0 Å². The maximum atomic E-state index is 11.5. The van der Waals surface area contributed by atoms with Crippen LogP contribution in [0, 0.1) is 0 Å². The Morgan fingerprint density at radius 3 is 2.68 bits per heavy atom. The van der Waals surface area contributed by atoms with Crippen LogP contribution in [0.25, 0.3) is 0 Å². The quantitative estimate of drug-likeness (QED) is 0.709. The van der Waals surface area contributed by atoms with Crippen LogP contribution in [0.4, 0.5) is 4.79 Å². The molecule has 7 heteroatoms. The Hall–Kier alpha value is -2.05. The molecule has 1 heterocycles. The first-order chi connectivity index (χ1) is 8.97. The Labute approximate surface area is 112 Å². The van der Waals surface area contributed by atoms with Gasteiger partial charge in [0, 0.05) is 6.54 Å². The highest BCUT2D eigenvalue weighted by Gasteiger charge is 2.14. The van der Waals surface area contributed by atoms with Gasteiger partial charge >= 0.3 is 12.0 Å². The summed E-state index contributed by atoms with van der Waals surface area (Å²) in [5, 5.41) is 18.0. The van der Waals surface area contributed by atoms with Gasteiger partial charge in [-0.05, 0) is 26.3 Å². The van der Waals surface area contributed by atoms with Crippen molar-refractivity contribution in [3.63, 3.8) is 0 Å². The van der Waals surface area contributed by atoms with E-state index < -0.39 is 18.0 Å². The summed E-state index contributed by atoms with van der Waals surface area (Å²) in [7, 11) is 0. The number of urea groups is 1. The lowest BCUT2D eigenvalue weighted by molar-refractivity contribution is -0.138. The average molecular weight is 268 g/mol. The van der Waals surface area contributed by atoms with Crippen molar-refractivity contribution in [3.8, 4) is 0 Å². The summed E-state index contributed by atoms with van der Waals surface area (Å²) in [6.45, 7) is 6.44. The summed E-state index contributed by atoms with van der Waals surface area (Å²) in [6, 6.07) is 0.517. The molecule has 2 amide bonds. The van der Waals surface area contributed by atoms with Gasteiger partial charge in [-0.2, -0.15) is 5.10 Å². The number of amides is 2. The molecule has 0 bridgehead atoms. The van der Waals surface area contributed by atoms with Crippen LogP contribution in [-0.2, 0) is 24.3 Å². The van der Waals surface area contributed by atoms with Crippen LogP contribution in [-0.4, -0.2) is 32.9 Å². The third-order valence-electron chi connectivity index (χ3n) is 2.72. The SMILES string of the molecule is CCc1cc(CNC(=O)NC(C)C(=O)O)n(CC)n1. The molecular formula is C12H20N4O3. The van der Waals surface area contributed by atoms with E-state index in [4.69, 9.17) is 5.11 Å². The first kappa shape index (κ1) is 15.0. The maximum absolute atomic E-state index is 11.5. The fourth-order valence-electron chi connectivity index (χ4n) is 1.58. The van der Waals surface area contributed by atoms with Crippen molar-refractivity contribution < 1.29 is 14.7 Å². The van der Waals surface area contributed by atoms with Gasteiger partial charge in [0.25, 0.3) is 0 Å². The largest absolute Gasteiger partial charge is 0.480 e. The van der Waals surface area contributed by atoms with E-state index in [2.05, 4.69) is 15.7 Å². The number of nitrogens with zero attached hydrogens (tertiary/aromatic N) is 2. The predicted molar refractivity (Wildman–Crippen MR) is 69.7 cm³/mol. The van der Waals surface area contributed by atoms with Gasteiger partial charge in [0.05, 0.1) is 17.9 Å². The fraction of sp³-hybridized carbons (Fsp3) is 0.583. The smallest absolute Gasteiger partial charge is 0.325 e. The first-order valence-electron chi connectivity index (χ1n) is 6.30. The van der Waals surface area contributed by atoms with Crippen LogP contribution in [0.5, 0.6) is 0 Å². The molecule has 3 N–H and O–H groups in total. The number of carboxylic acids is 1. The monoisotopic (exact) mass is 268 g/mol. The second-order valence-electron chi connectivity index (χ2n) is 4.18. The Bertz CT molecular complexity index is 456.